The molecule has 1 aromatic carbocycles. The maximum atomic E-state index is 13.4. The average Bonchev–Trinajstić information content (AvgIpc) is 3.17. The molecule has 5 heteroatoms. The summed E-state index contributed by atoms with van der Waals surface area (Å²) in [4.78, 5) is 16.3. The zero-order chi connectivity index (χ0) is 18.1. The number of amides is 1. The summed E-state index contributed by atoms with van der Waals surface area (Å²) < 4.78 is 15.6. The molecule has 26 heavy (non-hydrogen) atoms. The van der Waals surface area contributed by atoms with E-state index in [1.54, 1.807) is 6.07 Å². The Kier molecular flexibility index (Phi) is 4.98. The first-order chi connectivity index (χ1) is 12.6. The first-order valence-electron chi connectivity index (χ1n) is 9.84. The third kappa shape index (κ3) is 3.63. The predicted octanol–water partition coefficient (Wildman–Crippen LogP) is 3.54. The normalized spacial score (nSPS) is 19.8. The van der Waals surface area contributed by atoms with Crippen LogP contribution in [0.4, 0.5) is 4.39 Å². The Morgan fingerprint density at radius 1 is 1.15 bits per heavy atom. The van der Waals surface area contributed by atoms with Crippen molar-refractivity contribution < 1.29 is 9.18 Å². The van der Waals surface area contributed by atoms with Crippen molar-refractivity contribution in [3.05, 3.63) is 35.8 Å². The number of aryl methyl sites for hydroxylation is 1. The molecule has 0 spiro atoms. The van der Waals surface area contributed by atoms with Gasteiger partial charge < -0.3 is 9.47 Å². The molecule has 0 saturated carbocycles. The fourth-order valence-corrected chi connectivity index (χ4v) is 4.47. The summed E-state index contributed by atoms with van der Waals surface area (Å²) in [6, 6.07) is 7.12. The fourth-order valence-electron chi connectivity index (χ4n) is 4.47. The van der Waals surface area contributed by atoms with E-state index in [0.29, 0.717) is 5.91 Å². The number of hydrogen-bond acceptors (Lipinski definition) is 2. The lowest BCUT2D eigenvalue weighted by Gasteiger charge is -2.32. The van der Waals surface area contributed by atoms with Gasteiger partial charge in [-0.3, -0.25) is 9.69 Å². The smallest absolute Gasteiger partial charge is 0.222 e. The molecule has 3 heterocycles. The number of halogens is 1. The van der Waals surface area contributed by atoms with E-state index in [2.05, 4.69) is 22.6 Å². The van der Waals surface area contributed by atoms with Crippen molar-refractivity contribution in [2.24, 2.45) is 13.0 Å². The number of nitrogens with zero attached hydrogens (tertiary/aromatic N) is 3. The summed E-state index contributed by atoms with van der Waals surface area (Å²) in [5, 5.41) is 0.979. The molecule has 4 rings (SSSR count). The van der Waals surface area contributed by atoms with Gasteiger partial charge in [0.05, 0.1) is 0 Å². The molecule has 0 aliphatic carbocycles. The standard InChI is InChI=1S/C21H28FN3O/c1-23-19(14-17-13-18(22)4-5-20(17)23)15-24-10-6-16(7-11-24)8-12-25-9-2-3-21(25)26/h4-5,13-14,16H,2-3,6-12,15H2,1H3. The lowest BCUT2D eigenvalue weighted by atomic mass is 9.93. The largest absolute Gasteiger partial charge is 0.346 e. The molecule has 2 aliphatic rings. The molecule has 0 N–H and O–H groups in total. The highest BCUT2D eigenvalue weighted by molar-refractivity contribution is 5.81. The molecule has 1 aromatic heterocycles. The second-order valence-electron chi connectivity index (χ2n) is 7.89. The van der Waals surface area contributed by atoms with Gasteiger partial charge in [-0.05, 0) is 69.0 Å². The minimum atomic E-state index is -0.174. The van der Waals surface area contributed by atoms with E-state index >= 15 is 0 Å². The quantitative estimate of drug-likeness (QED) is 0.819. The maximum absolute atomic E-state index is 13.4. The van der Waals surface area contributed by atoms with Crippen molar-refractivity contribution >= 4 is 16.8 Å². The van der Waals surface area contributed by atoms with E-state index < -0.39 is 0 Å². The van der Waals surface area contributed by atoms with E-state index in [0.717, 1.165) is 68.8 Å². The first-order valence-corrected chi connectivity index (χ1v) is 9.84. The summed E-state index contributed by atoms with van der Waals surface area (Å²) in [7, 11) is 2.06. The van der Waals surface area contributed by atoms with Gasteiger partial charge in [0.15, 0.2) is 0 Å². The van der Waals surface area contributed by atoms with Crippen LogP contribution in [0.3, 0.4) is 0 Å². The van der Waals surface area contributed by atoms with Crippen molar-refractivity contribution in [2.75, 3.05) is 26.2 Å². The van der Waals surface area contributed by atoms with E-state index in [1.807, 2.05) is 11.0 Å². The highest BCUT2D eigenvalue weighted by Gasteiger charge is 2.24. The van der Waals surface area contributed by atoms with Gasteiger partial charge in [-0.1, -0.05) is 0 Å². The van der Waals surface area contributed by atoms with Gasteiger partial charge in [0.25, 0.3) is 0 Å². The van der Waals surface area contributed by atoms with Crippen LogP contribution in [0.15, 0.2) is 24.3 Å². The van der Waals surface area contributed by atoms with Gasteiger partial charge in [0.2, 0.25) is 5.91 Å². The van der Waals surface area contributed by atoms with Crippen molar-refractivity contribution in [3.8, 4) is 0 Å². The zero-order valence-electron chi connectivity index (χ0n) is 15.6. The van der Waals surface area contributed by atoms with Crippen molar-refractivity contribution in [3.63, 3.8) is 0 Å². The number of carbonyl (C=O) groups excluding carboxylic acids is 1. The zero-order valence-corrected chi connectivity index (χ0v) is 15.6. The number of aromatic nitrogens is 1. The van der Waals surface area contributed by atoms with Crippen LogP contribution < -0.4 is 0 Å². The molecule has 1 amide bonds. The molecule has 2 aliphatic heterocycles. The molecular weight excluding hydrogens is 329 g/mol. The molecule has 0 atom stereocenters. The van der Waals surface area contributed by atoms with Crippen LogP contribution in [-0.2, 0) is 18.4 Å². The summed E-state index contributed by atoms with van der Waals surface area (Å²) in [5.41, 5.74) is 2.33. The monoisotopic (exact) mass is 357 g/mol. The highest BCUT2D eigenvalue weighted by Crippen LogP contribution is 2.25. The van der Waals surface area contributed by atoms with Gasteiger partial charge >= 0.3 is 0 Å². The van der Waals surface area contributed by atoms with Gasteiger partial charge in [0.1, 0.15) is 5.82 Å². The molecule has 0 bridgehead atoms. The predicted molar refractivity (Wildman–Crippen MR) is 101 cm³/mol. The Labute approximate surface area is 154 Å². The lowest BCUT2D eigenvalue weighted by molar-refractivity contribution is -0.127. The van der Waals surface area contributed by atoms with Crippen LogP contribution in [0.1, 0.15) is 37.8 Å². The maximum Gasteiger partial charge on any atom is 0.222 e. The highest BCUT2D eigenvalue weighted by atomic mass is 19.1. The Balaban J connectivity index is 1.30. The Morgan fingerprint density at radius 3 is 2.69 bits per heavy atom. The number of hydrogen-bond donors (Lipinski definition) is 0. The Morgan fingerprint density at radius 2 is 1.96 bits per heavy atom. The minimum absolute atomic E-state index is 0.174. The Hall–Kier alpha value is -1.88. The number of piperidine rings is 1. The van der Waals surface area contributed by atoms with Gasteiger partial charge in [0, 0.05) is 49.7 Å². The summed E-state index contributed by atoms with van der Waals surface area (Å²) in [5.74, 6) is 0.905. The van der Waals surface area contributed by atoms with Gasteiger partial charge in [-0.15, -0.1) is 0 Å². The topological polar surface area (TPSA) is 28.5 Å². The fraction of sp³-hybridized carbons (Fsp3) is 0.571. The number of rotatable bonds is 5. The third-order valence-electron chi connectivity index (χ3n) is 6.18. The van der Waals surface area contributed by atoms with Crippen molar-refractivity contribution in [2.45, 2.75) is 38.6 Å². The molecule has 0 unspecified atom stereocenters. The number of likely N-dealkylation sites (tertiary alicyclic amines) is 2. The number of carbonyl (C=O) groups is 1. The molecule has 4 nitrogen and oxygen atoms in total. The summed E-state index contributed by atoms with van der Waals surface area (Å²) >= 11 is 0. The van der Waals surface area contributed by atoms with Gasteiger partial charge in [-0.25, -0.2) is 4.39 Å². The van der Waals surface area contributed by atoms with Crippen LogP contribution in [-0.4, -0.2) is 46.5 Å². The van der Waals surface area contributed by atoms with E-state index in [4.69, 9.17) is 0 Å². The minimum Gasteiger partial charge on any atom is -0.346 e. The molecule has 140 valence electrons. The molecule has 2 fully saturated rings. The average molecular weight is 357 g/mol. The van der Waals surface area contributed by atoms with Crippen LogP contribution in [0.25, 0.3) is 10.9 Å². The van der Waals surface area contributed by atoms with Crippen LogP contribution >= 0.6 is 0 Å². The molecule has 0 radical (unpaired) electrons. The molecular formula is C21H28FN3O. The second-order valence-corrected chi connectivity index (χ2v) is 7.89. The van der Waals surface area contributed by atoms with E-state index in [9.17, 15) is 9.18 Å². The lowest BCUT2D eigenvalue weighted by Crippen LogP contribution is -2.35. The molecule has 2 saturated heterocycles. The van der Waals surface area contributed by atoms with Crippen LogP contribution in [0, 0.1) is 11.7 Å². The summed E-state index contributed by atoms with van der Waals surface area (Å²) in [6.45, 7) is 5.03. The second kappa shape index (κ2) is 7.39. The van der Waals surface area contributed by atoms with Crippen LogP contribution in [0.5, 0.6) is 0 Å². The first kappa shape index (κ1) is 17.5. The van der Waals surface area contributed by atoms with Crippen molar-refractivity contribution in [1.82, 2.24) is 14.4 Å². The van der Waals surface area contributed by atoms with E-state index in [1.165, 1.54) is 24.6 Å². The van der Waals surface area contributed by atoms with Crippen molar-refractivity contribution in [1.29, 1.82) is 0 Å². The Bertz CT molecular complexity index is 792. The molecule has 2 aromatic rings. The third-order valence-corrected chi connectivity index (χ3v) is 6.18. The van der Waals surface area contributed by atoms with E-state index in [-0.39, 0.29) is 5.82 Å². The number of fused-ring (bicyclic) bond motifs is 1. The van der Waals surface area contributed by atoms with Crippen LogP contribution in [0.2, 0.25) is 0 Å². The SMILES string of the molecule is Cn1c(CN2CCC(CCN3CCCC3=O)CC2)cc2cc(F)ccc21. The van der Waals surface area contributed by atoms with Gasteiger partial charge in [-0.2, -0.15) is 0 Å². The summed E-state index contributed by atoms with van der Waals surface area (Å²) in [6.07, 6.45) is 5.34. The number of benzene rings is 1.